The molecule has 3 heteroatoms. The molecule has 3 nitrogen and oxygen atoms in total. The molecule has 1 unspecified atom stereocenters. The van der Waals surface area contributed by atoms with Gasteiger partial charge in [0, 0.05) is 29.9 Å². The van der Waals surface area contributed by atoms with Crippen LogP contribution in [0.15, 0.2) is 42.6 Å². The van der Waals surface area contributed by atoms with E-state index in [1.807, 2.05) is 24.4 Å². The quantitative estimate of drug-likeness (QED) is 0.940. The van der Waals surface area contributed by atoms with Gasteiger partial charge in [-0.1, -0.05) is 24.3 Å². The minimum absolute atomic E-state index is 0.0771. The highest BCUT2D eigenvalue weighted by Gasteiger charge is 2.19. The molecule has 2 aromatic rings. The molecular weight excluding hydrogens is 260 g/mol. The van der Waals surface area contributed by atoms with E-state index in [1.54, 1.807) is 0 Å². The number of pyridine rings is 1. The summed E-state index contributed by atoms with van der Waals surface area (Å²) in [6, 6.07) is 12.3. The molecule has 0 spiro atoms. The van der Waals surface area contributed by atoms with Crippen LogP contribution in [0.4, 0.5) is 0 Å². The van der Waals surface area contributed by atoms with Gasteiger partial charge in [-0.05, 0) is 49.7 Å². The Hall–Kier alpha value is -1.71. The van der Waals surface area contributed by atoms with Crippen LogP contribution in [0.25, 0.3) is 11.1 Å². The maximum absolute atomic E-state index is 9.23. The normalized spacial score (nSPS) is 19.6. The molecule has 3 rings (SSSR count). The minimum Gasteiger partial charge on any atom is -0.392 e. The number of rotatable bonds is 3. The van der Waals surface area contributed by atoms with Crippen molar-refractivity contribution in [3.05, 3.63) is 53.9 Å². The van der Waals surface area contributed by atoms with E-state index >= 15 is 0 Å². The molecule has 2 heterocycles. The zero-order valence-corrected chi connectivity index (χ0v) is 12.5. The number of aromatic nitrogens is 1. The Balaban J connectivity index is 1.80. The molecule has 1 fully saturated rings. The fourth-order valence-corrected chi connectivity index (χ4v) is 3.07. The van der Waals surface area contributed by atoms with Crippen molar-refractivity contribution >= 4 is 0 Å². The average molecular weight is 282 g/mol. The first-order valence-electron chi connectivity index (χ1n) is 7.61. The van der Waals surface area contributed by atoms with Crippen molar-refractivity contribution < 1.29 is 5.11 Å². The summed E-state index contributed by atoms with van der Waals surface area (Å²) in [4.78, 5) is 7.06. The third kappa shape index (κ3) is 3.31. The highest BCUT2D eigenvalue weighted by molar-refractivity contribution is 5.63. The van der Waals surface area contributed by atoms with Crippen LogP contribution in [0.2, 0.25) is 0 Å². The summed E-state index contributed by atoms with van der Waals surface area (Å²) < 4.78 is 0. The maximum Gasteiger partial charge on any atom is 0.0682 e. The third-order valence-corrected chi connectivity index (χ3v) is 4.27. The van der Waals surface area contributed by atoms with Crippen LogP contribution in [0.1, 0.15) is 30.0 Å². The van der Waals surface area contributed by atoms with Gasteiger partial charge in [0.25, 0.3) is 0 Å². The van der Waals surface area contributed by atoms with E-state index in [-0.39, 0.29) is 6.61 Å². The van der Waals surface area contributed by atoms with Crippen LogP contribution in [0, 0.1) is 0 Å². The molecule has 1 aromatic carbocycles. The molecule has 1 aliphatic rings. The number of hydrogen-bond donors (Lipinski definition) is 1. The Morgan fingerprint density at radius 2 is 2.14 bits per heavy atom. The second-order valence-corrected chi connectivity index (χ2v) is 5.93. The predicted molar refractivity (Wildman–Crippen MR) is 85.1 cm³/mol. The molecular formula is C18H22N2O. The number of piperidine rings is 1. The zero-order chi connectivity index (χ0) is 14.7. The third-order valence-electron chi connectivity index (χ3n) is 4.27. The first-order chi connectivity index (χ1) is 10.3. The van der Waals surface area contributed by atoms with Gasteiger partial charge in [-0.3, -0.25) is 4.98 Å². The van der Waals surface area contributed by atoms with Gasteiger partial charge in [-0.25, -0.2) is 0 Å². The number of nitrogens with zero attached hydrogens (tertiary/aromatic N) is 2. The van der Waals surface area contributed by atoms with Crippen LogP contribution < -0.4 is 0 Å². The number of aliphatic hydroxyl groups excluding tert-OH is 1. The molecule has 110 valence electrons. The highest BCUT2D eigenvalue weighted by Crippen LogP contribution is 2.27. The van der Waals surface area contributed by atoms with Crippen LogP contribution in [0.3, 0.4) is 0 Å². The van der Waals surface area contributed by atoms with E-state index in [9.17, 15) is 5.11 Å². The van der Waals surface area contributed by atoms with Crippen molar-refractivity contribution in [1.29, 1.82) is 0 Å². The number of hydrogen-bond acceptors (Lipinski definition) is 3. The SMILES string of the molecule is CN1CCCC(c2ccc(-c3cccc(CO)c3)cn2)C1. The number of likely N-dealkylation sites (N-methyl/N-ethyl adjacent to an activating group) is 1. The number of aliphatic hydroxyl groups is 1. The number of benzene rings is 1. The summed E-state index contributed by atoms with van der Waals surface area (Å²) in [7, 11) is 2.18. The lowest BCUT2D eigenvalue weighted by molar-refractivity contribution is 0.248. The molecule has 0 aliphatic carbocycles. The average Bonchev–Trinajstić information content (AvgIpc) is 2.55. The van der Waals surface area contributed by atoms with Gasteiger partial charge >= 0.3 is 0 Å². The molecule has 1 N–H and O–H groups in total. The fourth-order valence-electron chi connectivity index (χ4n) is 3.07. The van der Waals surface area contributed by atoms with Gasteiger partial charge < -0.3 is 10.0 Å². The molecule has 1 aromatic heterocycles. The predicted octanol–water partition coefficient (Wildman–Crippen LogP) is 3.05. The molecule has 0 radical (unpaired) electrons. The van der Waals surface area contributed by atoms with Gasteiger partial charge in [-0.2, -0.15) is 0 Å². The van der Waals surface area contributed by atoms with Crippen molar-refractivity contribution in [2.75, 3.05) is 20.1 Å². The lowest BCUT2D eigenvalue weighted by Crippen LogP contribution is -2.31. The number of likely N-dealkylation sites (tertiary alicyclic amines) is 1. The molecule has 0 saturated carbocycles. The second-order valence-electron chi connectivity index (χ2n) is 5.93. The van der Waals surface area contributed by atoms with E-state index in [0.717, 1.165) is 23.2 Å². The Morgan fingerprint density at radius 1 is 1.24 bits per heavy atom. The van der Waals surface area contributed by atoms with Gasteiger partial charge in [0.05, 0.1) is 6.61 Å². The summed E-state index contributed by atoms with van der Waals surface area (Å²) in [6.45, 7) is 2.38. The van der Waals surface area contributed by atoms with E-state index < -0.39 is 0 Å². The van der Waals surface area contributed by atoms with E-state index in [0.29, 0.717) is 5.92 Å². The molecule has 1 aliphatic heterocycles. The van der Waals surface area contributed by atoms with Crippen molar-refractivity contribution in [2.24, 2.45) is 0 Å². The van der Waals surface area contributed by atoms with Gasteiger partial charge in [0.15, 0.2) is 0 Å². The Labute approximate surface area is 126 Å². The summed E-state index contributed by atoms with van der Waals surface area (Å²) >= 11 is 0. The van der Waals surface area contributed by atoms with Crippen molar-refractivity contribution in [2.45, 2.75) is 25.4 Å². The summed E-state index contributed by atoms with van der Waals surface area (Å²) in [5, 5.41) is 9.23. The highest BCUT2D eigenvalue weighted by atomic mass is 16.3. The monoisotopic (exact) mass is 282 g/mol. The summed E-state index contributed by atoms with van der Waals surface area (Å²) in [5.41, 5.74) is 4.36. The second kappa shape index (κ2) is 6.37. The first kappa shape index (κ1) is 14.2. The first-order valence-corrected chi connectivity index (χ1v) is 7.61. The fraction of sp³-hybridized carbons (Fsp3) is 0.389. The van der Waals surface area contributed by atoms with Crippen molar-refractivity contribution in [3.8, 4) is 11.1 Å². The lowest BCUT2D eigenvalue weighted by atomic mass is 9.94. The molecule has 21 heavy (non-hydrogen) atoms. The van der Waals surface area contributed by atoms with Crippen LogP contribution in [0.5, 0.6) is 0 Å². The summed E-state index contributed by atoms with van der Waals surface area (Å²) in [6.07, 6.45) is 4.44. The largest absolute Gasteiger partial charge is 0.392 e. The molecule has 0 amide bonds. The van der Waals surface area contributed by atoms with E-state index in [4.69, 9.17) is 0 Å². The van der Waals surface area contributed by atoms with Crippen molar-refractivity contribution in [1.82, 2.24) is 9.88 Å². The van der Waals surface area contributed by atoms with Crippen LogP contribution >= 0.6 is 0 Å². The van der Waals surface area contributed by atoms with E-state index in [1.165, 1.54) is 25.1 Å². The summed E-state index contributed by atoms with van der Waals surface area (Å²) in [5.74, 6) is 0.557. The molecule has 0 bridgehead atoms. The Kier molecular flexibility index (Phi) is 4.32. The van der Waals surface area contributed by atoms with Gasteiger partial charge in [-0.15, -0.1) is 0 Å². The van der Waals surface area contributed by atoms with Crippen LogP contribution in [-0.2, 0) is 6.61 Å². The zero-order valence-electron chi connectivity index (χ0n) is 12.5. The van der Waals surface area contributed by atoms with Gasteiger partial charge in [0.1, 0.15) is 0 Å². The maximum atomic E-state index is 9.23. The smallest absolute Gasteiger partial charge is 0.0682 e. The van der Waals surface area contributed by atoms with Gasteiger partial charge in [0.2, 0.25) is 0 Å². The van der Waals surface area contributed by atoms with E-state index in [2.05, 4.69) is 35.1 Å². The minimum atomic E-state index is 0.0771. The topological polar surface area (TPSA) is 36.4 Å². The Bertz CT molecular complexity index is 594. The standard InChI is InChI=1S/C18H22N2O/c1-20-9-3-6-17(12-20)18-8-7-16(11-19-18)15-5-2-4-14(10-15)13-21/h2,4-5,7-8,10-11,17,21H,3,6,9,12-13H2,1H3. The molecule has 1 saturated heterocycles. The lowest BCUT2D eigenvalue weighted by Gasteiger charge is -2.29. The van der Waals surface area contributed by atoms with Crippen molar-refractivity contribution in [3.63, 3.8) is 0 Å². The molecule has 1 atom stereocenters. The van der Waals surface area contributed by atoms with Crippen LogP contribution in [-0.4, -0.2) is 35.1 Å². The Morgan fingerprint density at radius 3 is 2.86 bits per heavy atom.